The van der Waals surface area contributed by atoms with E-state index in [1.54, 1.807) is 36.4 Å². The van der Waals surface area contributed by atoms with Gasteiger partial charge in [-0.3, -0.25) is 9.52 Å². The lowest BCUT2D eigenvalue weighted by molar-refractivity contribution is -0.258. The molecule has 1 atom stereocenters. The van der Waals surface area contributed by atoms with Crippen LogP contribution < -0.4 is 10.0 Å². The first-order chi connectivity index (χ1) is 14.9. The summed E-state index contributed by atoms with van der Waals surface area (Å²) in [5, 5.41) is 12.4. The Labute approximate surface area is 186 Å². The molecule has 0 radical (unpaired) electrons. The molecule has 2 aromatic carbocycles. The van der Waals surface area contributed by atoms with Gasteiger partial charge in [0.15, 0.2) is 5.60 Å². The van der Waals surface area contributed by atoms with Gasteiger partial charge in [-0.2, -0.15) is 13.2 Å². The highest BCUT2D eigenvalue weighted by molar-refractivity contribution is 7.94. The van der Waals surface area contributed by atoms with E-state index in [2.05, 4.69) is 10.0 Å². The molecule has 1 heterocycles. The van der Waals surface area contributed by atoms with Crippen LogP contribution in [0.1, 0.15) is 27.7 Å². The molecule has 0 aliphatic heterocycles. The van der Waals surface area contributed by atoms with Crippen LogP contribution in [0.25, 0.3) is 0 Å². The van der Waals surface area contributed by atoms with Crippen LogP contribution in [-0.2, 0) is 22.2 Å². The van der Waals surface area contributed by atoms with E-state index in [-0.39, 0.29) is 22.3 Å². The van der Waals surface area contributed by atoms with Crippen molar-refractivity contribution in [3.8, 4) is 0 Å². The Hall–Kier alpha value is -2.89. The van der Waals surface area contributed by atoms with Gasteiger partial charge in [-0.05, 0) is 48.9 Å². The second-order valence-corrected chi connectivity index (χ2v) is 10.1. The zero-order valence-electron chi connectivity index (χ0n) is 16.7. The van der Waals surface area contributed by atoms with Crippen molar-refractivity contribution in [3.05, 3.63) is 82.7 Å². The molecule has 170 valence electrons. The summed E-state index contributed by atoms with van der Waals surface area (Å²) in [6.45, 7) is 0.755. The molecule has 32 heavy (non-hydrogen) atoms. The molecule has 3 N–H and O–H groups in total. The van der Waals surface area contributed by atoms with Gasteiger partial charge in [0.25, 0.3) is 15.9 Å². The average Bonchev–Trinajstić information content (AvgIpc) is 3.22. The van der Waals surface area contributed by atoms with Gasteiger partial charge in [0.2, 0.25) is 0 Å². The Bertz CT molecular complexity index is 1190. The summed E-state index contributed by atoms with van der Waals surface area (Å²) in [6.07, 6.45) is -4.88. The van der Waals surface area contributed by atoms with E-state index >= 15 is 0 Å². The molecular formula is C21H19F3N2O4S2. The summed E-state index contributed by atoms with van der Waals surface area (Å²) in [5.74, 6) is -0.295. The van der Waals surface area contributed by atoms with Crippen LogP contribution in [0.2, 0.25) is 0 Å². The standard InChI is InChI=1S/C21H19F3N2O4S2/c1-20(28,21(22,23)24)15-7-9-16(10-8-15)26-32(29,30)18-12-11-17(31-18)13-25-19(27)14-5-3-2-4-6-14/h2-12,26,28H,13H2,1H3,(H,25,27). The van der Waals surface area contributed by atoms with E-state index in [4.69, 9.17) is 0 Å². The molecule has 0 fully saturated rings. The van der Waals surface area contributed by atoms with Gasteiger partial charge >= 0.3 is 6.18 Å². The first kappa shape index (κ1) is 23.8. The third-order valence-electron chi connectivity index (χ3n) is 4.61. The normalized spacial score (nSPS) is 13.9. The van der Waals surface area contributed by atoms with Crippen molar-refractivity contribution in [2.75, 3.05) is 4.72 Å². The Kier molecular flexibility index (Phi) is 6.63. The molecule has 1 aromatic heterocycles. The summed E-state index contributed by atoms with van der Waals surface area (Å²) in [4.78, 5) is 12.7. The van der Waals surface area contributed by atoms with Crippen LogP contribution in [0, 0.1) is 0 Å². The number of nitrogens with one attached hydrogen (secondary N) is 2. The van der Waals surface area contributed by atoms with E-state index in [9.17, 15) is 31.5 Å². The molecule has 0 saturated carbocycles. The SMILES string of the molecule is CC(O)(c1ccc(NS(=O)(=O)c2ccc(CNC(=O)c3ccccc3)s2)cc1)C(F)(F)F. The van der Waals surface area contributed by atoms with Crippen LogP contribution in [0.5, 0.6) is 0 Å². The molecule has 1 unspecified atom stereocenters. The lowest BCUT2D eigenvalue weighted by Crippen LogP contribution is -2.39. The Morgan fingerprint density at radius 3 is 2.22 bits per heavy atom. The van der Waals surface area contributed by atoms with Crippen molar-refractivity contribution in [1.82, 2.24) is 5.32 Å². The topological polar surface area (TPSA) is 95.5 Å². The smallest absolute Gasteiger partial charge is 0.376 e. The second kappa shape index (κ2) is 8.93. The van der Waals surface area contributed by atoms with Crippen LogP contribution in [0.15, 0.2) is 70.9 Å². The third-order valence-corrected chi connectivity index (χ3v) is 7.57. The van der Waals surface area contributed by atoms with Crippen molar-refractivity contribution in [2.24, 2.45) is 0 Å². The summed E-state index contributed by atoms with van der Waals surface area (Å²) >= 11 is 0.953. The van der Waals surface area contributed by atoms with Crippen LogP contribution in [-0.4, -0.2) is 25.6 Å². The van der Waals surface area contributed by atoms with E-state index in [1.165, 1.54) is 6.07 Å². The van der Waals surface area contributed by atoms with Gasteiger partial charge in [-0.25, -0.2) is 8.42 Å². The summed E-state index contributed by atoms with van der Waals surface area (Å²) in [5.41, 5.74) is -2.96. The van der Waals surface area contributed by atoms with E-state index < -0.39 is 27.4 Å². The maximum Gasteiger partial charge on any atom is 0.421 e. The molecular weight excluding hydrogens is 465 g/mol. The number of anilines is 1. The fraction of sp³-hybridized carbons (Fsp3) is 0.190. The summed E-state index contributed by atoms with van der Waals surface area (Å²) in [6, 6.07) is 15.8. The number of benzene rings is 2. The quantitative estimate of drug-likeness (QED) is 0.467. The first-order valence-corrected chi connectivity index (χ1v) is 11.5. The minimum absolute atomic E-state index is 0.0205. The average molecular weight is 485 g/mol. The van der Waals surface area contributed by atoms with Crippen molar-refractivity contribution in [2.45, 2.75) is 29.5 Å². The molecule has 0 bridgehead atoms. The molecule has 0 saturated heterocycles. The Morgan fingerprint density at radius 2 is 1.62 bits per heavy atom. The van der Waals surface area contributed by atoms with Gasteiger partial charge in [0, 0.05) is 16.1 Å². The number of carbonyl (C=O) groups excluding carboxylic acids is 1. The molecule has 0 aliphatic carbocycles. The minimum Gasteiger partial charge on any atom is -0.376 e. The highest BCUT2D eigenvalue weighted by atomic mass is 32.2. The molecule has 11 heteroatoms. The second-order valence-electron chi connectivity index (χ2n) is 7.02. The molecule has 1 amide bonds. The maximum atomic E-state index is 12.9. The minimum atomic E-state index is -4.88. The van der Waals surface area contributed by atoms with Crippen molar-refractivity contribution in [3.63, 3.8) is 0 Å². The lowest BCUT2D eigenvalue weighted by atomic mass is 9.95. The third kappa shape index (κ3) is 5.29. The maximum absolute atomic E-state index is 12.9. The zero-order valence-corrected chi connectivity index (χ0v) is 18.3. The van der Waals surface area contributed by atoms with Crippen LogP contribution >= 0.6 is 11.3 Å². The van der Waals surface area contributed by atoms with E-state index in [1.807, 2.05) is 0 Å². The molecule has 3 aromatic rings. The van der Waals surface area contributed by atoms with Gasteiger partial charge in [0.05, 0.1) is 6.54 Å². The van der Waals surface area contributed by atoms with Crippen LogP contribution in [0.4, 0.5) is 18.9 Å². The van der Waals surface area contributed by atoms with Gasteiger partial charge < -0.3 is 10.4 Å². The molecule has 0 spiro atoms. The van der Waals surface area contributed by atoms with E-state index in [0.717, 1.165) is 35.6 Å². The number of alkyl halides is 3. The lowest BCUT2D eigenvalue weighted by Gasteiger charge is -2.26. The fourth-order valence-electron chi connectivity index (χ4n) is 2.69. The number of sulfonamides is 1. The first-order valence-electron chi connectivity index (χ1n) is 9.24. The number of halogens is 3. The number of hydrogen-bond acceptors (Lipinski definition) is 5. The summed E-state index contributed by atoms with van der Waals surface area (Å²) < 4.78 is 66.3. The zero-order chi connectivity index (χ0) is 23.6. The van der Waals surface area contributed by atoms with Crippen molar-refractivity contribution in [1.29, 1.82) is 0 Å². The summed E-state index contributed by atoms with van der Waals surface area (Å²) in [7, 11) is -3.99. The van der Waals surface area contributed by atoms with E-state index in [0.29, 0.717) is 17.4 Å². The molecule has 3 rings (SSSR count). The number of carbonyl (C=O) groups is 1. The van der Waals surface area contributed by atoms with Crippen molar-refractivity contribution < 1.29 is 31.5 Å². The predicted molar refractivity (Wildman–Crippen MR) is 115 cm³/mol. The van der Waals surface area contributed by atoms with Gasteiger partial charge in [0.1, 0.15) is 4.21 Å². The number of rotatable bonds is 7. The number of aliphatic hydroxyl groups is 1. The molecule has 6 nitrogen and oxygen atoms in total. The van der Waals surface area contributed by atoms with Gasteiger partial charge in [-0.1, -0.05) is 30.3 Å². The largest absolute Gasteiger partial charge is 0.421 e. The van der Waals surface area contributed by atoms with Crippen LogP contribution in [0.3, 0.4) is 0 Å². The Morgan fingerprint density at radius 1 is 1.00 bits per heavy atom. The van der Waals surface area contributed by atoms with Crippen molar-refractivity contribution >= 4 is 33.0 Å². The monoisotopic (exact) mass is 484 g/mol. The highest BCUT2D eigenvalue weighted by Crippen LogP contribution is 2.38. The molecule has 0 aliphatic rings. The Balaban J connectivity index is 1.66. The highest BCUT2D eigenvalue weighted by Gasteiger charge is 2.51. The number of hydrogen-bond donors (Lipinski definition) is 3. The predicted octanol–water partition coefficient (Wildman–Crippen LogP) is 4.25. The number of thiophene rings is 1. The van der Waals surface area contributed by atoms with Gasteiger partial charge in [-0.15, -0.1) is 11.3 Å². The fourth-order valence-corrected chi connectivity index (χ4v) is 5.04. The number of amides is 1.